The van der Waals surface area contributed by atoms with Crippen molar-refractivity contribution in [3.05, 3.63) is 35.4 Å². The zero-order valence-electron chi connectivity index (χ0n) is 6.63. The summed E-state index contributed by atoms with van der Waals surface area (Å²) in [4.78, 5) is 10.4. The lowest BCUT2D eigenvalue weighted by Gasteiger charge is -1.99. The van der Waals surface area contributed by atoms with Crippen LogP contribution >= 0.6 is 0 Å². The fourth-order valence-electron chi connectivity index (χ4n) is 1.11. The fraction of sp³-hybridized carbons (Fsp3) is 0.300. The van der Waals surface area contributed by atoms with Gasteiger partial charge in [-0.3, -0.25) is 4.79 Å². The maximum atomic E-state index is 10.4. The molecule has 1 heteroatoms. The standard InChI is InChI=1S/C10H11O/c1-2-5-9-6-3-4-7-10(9)8-11/h3-4,6-7H,2,5H2,1H3. The van der Waals surface area contributed by atoms with Crippen LogP contribution in [0.1, 0.15) is 24.5 Å². The summed E-state index contributed by atoms with van der Waals surface area (Å²) in [5.74, 6) is 0. The first-order chi connectivity index (χ1) is 5.38. The van der Waals surface area contributed by atoms with Gasteiger partial charge in [0, 0.05) is 5.56 Å². The number of hydrogen-bond acceptors (Lipinski definition) is 1. The summed E-state index contributed by atoms with van der Waals surface area (Å²) in [6.07, 6.45) is 3.96. The third-order valence-electron chi connectivity index (χ3n) is 1.65. The van der Waals surface area contributed by atoms with Crippen molar-refractivity contribution in [3.63, 3.8) is 0 Å². The van der Waals surface area contributed by atoms with Gasteiger partial charge in [0.15, 0.2) is 0 Å². The highest BCUT2D eigenvalue weighted by Gasteiger charge is 1.97. The second-order valence-electron chi connectivity index (χ2n) is 2.51. The number of benzene rings is 1. The SMILES string of the molecule is CCCc1ccccc1[C]=O. The van der Waals surface area contributed by atoms with Crippen molar-refractivity contribution in [1.29, 1.82) is 0 Å². The van der Waals surface area contributed by atoms with Gasteiger partial charge in [0.25, 0.3) is 0 Å². The third kappa shape index (κ3) is 1.90. The van der Waals surface area contributed by atoms with Crippen LogP contribution in [0.4, 0.5) is 0 Å². The lowest BCUT2D eigenvalue weighted by atomic mass is 10.0. The molecule has 1 rings (SSSR count). The van der Waals surface area contributed by atoms with E-state index in [2.05, 4.69) is 6.92 Å². The third-order valence-corrected chi connectivity index (χ3v) is 1.65. The first-order valence-corrected chi connectivity index (χ1v) is 3.84. The minimum Gasteiger partial charge on any atom is -0.285 e. The molecule has 0 saturated carbocycles. The number of hydrogen-bond donors (Lipinski definition) is 0. The molecule has 0 unspecified atom stereocenters. The summed E-state index contributed by atoms with van der Waals surface area (Å²) >= 11 is 0. The summed E-state index contributed by atoms with van der Waals surface area (Å²) in [7, 11) is 0. The molecule has 0 aliphatic carbocycles. The van der Waals surface area contributed by atoms with Crippen LogP contribution in [0.2, 0.25) is 0 Å². The molecule has 1 nitrogen and oxygen atoms in total. The van der Waals surface area contributed by atoms with E-state index < -0.39 is 0 Å². The van der Waals surface area contributed by atoms with E-state index in [0.29, 0.717) is 5.56 Å². The molecule has 1 aromatic rings. The van der Waals surface area contributed by atoms with E-state index in [1.807, 2.05) is 24.5 Å². The Labute approximate surface area is 67.1 Å². The molecule has 1 radical (unpaired) electrons. The van der Waals surface area contributed by atoms with Gasteiger partial charge in [0.1, 0.15) is 0 Å². The molecule has 0 aliphatic heterocycles. The van der Waals surface area contributed by atoms with Crippen LogP contribution in [-0.4, -0.2) is 6.29 Å². The van der Waals surface area contributed by atoms with Crippen LogP contribution in [0.15, 0.2) is 24.3 Å². The Morgan fingerprint density at radius 3 is 2.73 bits per heavy atom. The van der Waals surface area contributed by atoms with E-state index in [0.717, 1.165) is 18.4 Å². The highest BCUT2D eigenvalue weighted by atomic mass is 16.1. The predicted molar refractivity (Wildman–Crippen MR) is 45.2 cm³/mol. The lowest BCUT2D eigenvalue weighted by Crippen LogP contribution is -1.90. The second-order valence-corrected chi connectivity index (χ2v) is 2.51. The molecule has 0 spiro atoms. The average Bonchev–Trinajstić information content (AvgIpc) is 2.06. The fourth-order valence-corrected chi connectivity index (χ4v) is 1.11. The summed E-state index contributed by atoms with van der Waals surface area (Å²) in [6.45, 7) is 2.10. The van der Waals surface area contributed by atoms with E-state index in [1.54, 1.807) is 6.07 Å². The van der Waals surface area contributed by atoms with Crippen LogP contribution in [-0.2, 0) is 11.2 Å². The Hall–Kier alpha value is -1.11. The van der Waals surface area contributed by atoms with Gasteiger partial charge < -0.3 is 0 Å². The molecule has 0 aromatic heterocycles. The van der Waals surface area contributed by atoms with Crippen molar-refractivity contribution >= 4 is 6.29 Å². The summed E-state index contributed by atoms with van der Waals surface area (Å²) in [5.41, 5.74) is 1.80. The molecule has 0 amide bonds. The van der Waals surface area contributed by atoms with Gasteiger partial charge in [-0.05, 0) is 12.0 Å². The minimum atomic E-state index is 0.703. The van der Waals surface area contributed by atoms with Gasteiger partial charge in [-0.2, -0.15) is 0 Å². The van der Waals surface area contributed by atoms with Gasteiger partial charge in [-0.15, -0.1) is 0 Å². The van der Waals surface area contributed by atoms with Gasteiger partial charge in [-0.1, -0.05) is 37.6 Å². The first kappa shape index (κ1) is 7.99. The van der Waals surface area contributed by atoms with Gasteiger partial charge in [-0.25, -0.2) is 0 Å². The van der Waals surface area contributed by atoms with Crippen LogP contribution in [0.5, 0.6) is 0 Å². The maximum Gasteiger partial charge on any atom is 0.233 e. The van der Waals surface area contributed by atoms with E-state index in [-0.39, 0.29) is 0 Å². The molecule has 1 aromatic carbocycles. The molecule has 57 valence electrons. The molecule has 0 N–H and O–H groups in total. The first-order valence-electron chi connectivity index (χ1n) is 3.84. The lowest BCUT2D eigenvalue weighted by molar-refractivity contribution is 0.562. The molecule has 0 heterocycles. The number of carbonyl (C=O) groups excluding carboxylic acids is 1. The van der Waals surface area contributed by atoms with Crippen molar-refractivity contribution in [3.8, 4) is 0 Å². The summed E-state index contributed by atoms with van der Waals surface area (Å²) < 4.78 is 0. The molecule has 0 atom stereocenters. The Kier molecular flexibility index (Phi) is 2.84. The molecule has 0 saturated heterocycles. The van der Waals surface area contributed by atoms with Crippen molar-refractivity contribution in [2.75, 3.05) is 0 Å². The zero-order valence-corrected chi connectivity index (χ0v) is 6.63. The minimum absolute atomic E-state index is 0.703. The Bertz CT molecular complexity index is 240. The Morgan fingerprint density at radius 1 is 1.36 bits per heavy atom. The number of rotatable bonds is 3. The highest BCUT2D eigenvalue weighted by Crippen LogP contribution is 2.07. The molecular formula is C10H11O. The van der Waals surface area contributed by atoms with Gasteiger partial charge in [0.2, 0.25) is 6.29 Å². The van der Waals surface area contributed by atoms with Crippen LogP contribution in [0.3, 0.4) is 0 Å². The average molecular weight is 147 g/mol. The Morgan fingerprint density at radius 2 is 2.09 bits per heavy atom. The van der Waals surface area contributed by atoms with Gasteiger partial charge >= 0.3 is 0 Å². The van der Waals surface area contributed by atoms with Crippen LogP contribution < -0.4 is 0 Å². The zero-order chi connectivity index (χ0) is 8.10. The monoisotopic (exact) mass is 147 g/mol. The van der Waals surface area contributed by atoms with Crippen LogP contribution in [0.25, 0.3) is 0 Å². The normalized spacial score (nSPS) is 9.55. The van der Waals surface area contributed by atoms with E-state index >= 15 is 0 Å². The molecule has 11 heavy (non-hydrogen) atoms. The van der Waals surface area contributed by atoms with Crippen LogP contribution in [0, 0.1) is 0 Å². The van der Waals surface area contributed by atoms with Crippen molar-refractivity contribution in [2.24, 2.45) is 0 Å². The van der Waals surface area contributed by atoms with E-state index in [4.69, 9.17) is 0 Å². The molecule has 0 aliphatic rings. The van der Waals surface area contributed by atoms with Crippen molar-refractivity contribution < 1.29 is 4.79 Å². The van der Waals surface area contributed by atoms with Crippen molar-refractivity contribution in [1.82, 2.24) is 0 Å². The molecular weight excluding hydrogens is 136 g/mol. The highest BCUT2D eigenvalue weighted by molar-refractivity contribution is 5.77. The van der Waals surface area contributed by atoms with E-state index in [9.17, 15) is 4.79 Å². The number of aryl methyl sites for hydroxylation is 1. The predicted octanol–water partition coefficient (Wildman–Crippen LogP) is 2.10. The Balaban J connectivity index is 2.92. The smallest absolute Gasteiger partial charge is 0.233 e. The summed E-state index contributed by atoms with van der Waals surface area (Å²) in [5, 5.41) is 0. The quantitative estimate of drug-likeness (QED) is 0.639. The topological polar surface area (TPSA) is 17.1 Å². The molecule has 0 bridgehead atoms. The second kappa shape index (κ2) is 3.91. The molecule has 0 fully saturated rings. The van der Waals surface area contributed by atoms with Gasteiger partial charge in [0.05, 0.1) is 0 Å². The largest absolute Gasteiger partial charge is 0.285 e. The van der Waals surface area contributed by atoms with Crippen molar-refractivity contribution in [2.45, 2.75) is 19.8 Å². The van der Waals surface area contributed by atoms with E-state index in [1.165, 1.54) is 0 Å². The maximum absolute atomic E-state index is 10.4. The summed E-state index contributed by atoms with van der Waals surface area (Å²) in [6, 6.07) is 7.59.